The van der Waals surface area contributed by atoms with Crippen molar-refractivity contribution in [1.29, 1.82) is 0 Å². The van der Waals surface area contributed by atoms with Crippen molar-refractivity contribution in [3.05, 3.63) is 34.1 Å². The van der Waals surface area contributed by atoms with Gasteiger partial charge in [0.25, 0.3) is 0 Å². The van der Waals surface area contributed by atoms with Crippen LogP contribution in [0.3, 0.4) is 0 Å². The zero-order chi connectivity index (χ0) is 10.3. The highest BCUT2D eigenvalue weighted by Crippen LogP contribution is 2.26. The summed E-state index contributed by atoms with van der Waals surface area (Å²) in [5.74, 6) is -0.530. The highest BCUT2D eigenvalue weighted by atomic mass is 79.9. The minimum absolute atomic E-state index is 0.0213. The summed E-state index contributed by atoms with van der Waals surface area (Å²) >= 11 is 3.23. The fourth-order valence-corrected chi connectivity index (χ4v) is 1.64. The fraction of sp³-hybridized carbons (Fsp3) is 0.111. The number of imidazole rings is 1. The molecule has 70 valence electrons. The molecule has 0 saturated carbocycles. The van der Waals surface area contributed by atoms with E-state index in [1.54, 1.807) is 11.6 Å². The molecule has 0 aliphatic rings. The van der Waals surface area contributed by atoms with Gasteiger partial charge in [0.2, 0.25) is 5.69 Å². The first-order chi connectivity index (χ1) is 6.63. The third-order valence-electron chi connectivity index (χ3n) is 2.02. The Kier molecular flexibility index (Phi) is 2.01. The van der Waals surface area contributed by atoms with E-state index in [-0.39, 0.29) is 5.69 Å². The Bertz CT molecular complexity index is 553. The maximum absolute atomic E-state index is 13.2. The summed E-state index contributed by atoms with van der Waals surface area (Å²) in [5.41, 5.74) is 1.31. The monoisotopic (exact) mass is 253 g/mol. The van der Waals surface area contributed by atoms with Gasteiger partial charge in [-0.3, -0.25) is 0 Å². The van der Waals surface area contributed by atoms with Crippen LogP contribution < -0.4 is 0 Å². The van der Waals surface area contributed by atoms with Gasteiger partial charge in [0.15, 0.2) is 4.73 Å². The maximum atomic E-state index is 13.2. The quantitative estimate of drug-likeness (QED) is 0.662. The third kappa shape index (κ3) is 1.19. The van der Waals surface area contributed by atoms with Crippen molar-refractivity contribution >= 4 is 32.7 Å². The standard InChI is InChI=1S/C9H5BrFN3/c1-12-6-4-8-7(3-5(6)11)13-9(10)14(8)2/h3-4H,2H3. The molecule has 0 aliphatic carbocycles. The minimum atomic E-state index is -0.530. The van der Waals surface area contributed by atoms with Gasteiger partial charge in [-0.1, -0.05) is 0 Å². The van der Waals surface area contributed by atoms with Crippen molar-refractivity contribution < 1.29 is 4.39 Å². The minimum Gasteiger partial charge on any atom is -0.323 e. The lowest BCUT2D eigenvalue weighted by Gasteiger charge is -1.96. The molecule has 0 atom stereocenters. The number of nitrogens with zero attached hydrogens (tertiary/aromatic N) is 3. The van der Waals surface area contributed by atoms with Crippen LogP contribution in [0.1, 0.15) is 0 Å². The van der Waals surface area contributed by atoms with Crippen LogP contribution >= 0.6 is 15.9 Å². The van der Waals surface area contributed by atoms with Crippen LogP contribution in [0.25, 0.3) is 15.9 Å². The van der Waals surface area contributed by atoms with Crippen molar-refractivity contribution in [2.45, 2.75) is 0 Å². The fourth-order valence-electron chi connectivity index (χ4n) is 1.26. The zero-order valence-electron chi connectivity index (χ0n) is 7.25. The van der Waals surface area contributed by atoms with Crippen molar-refractivity contribution in [3.8, 4) is 0 Å². The molecule has 1 aromatic carbocycles. The smallest absolute Gasteiger partial charge is 0.224 e. The summed E-state index contributed by atoms with van der Waals surface area (Å²) in [6.45, 7) is 6.78. The Balaban J connectivity index is 2.88. The molecule has 1 aromatic heterocycles. The number of halogens is 2. The second kappa shape index (κ2) is 3.07. The molecule has 0 unspecified atom stereocenters. The Morgan fingerprint density at radius 3 is 2.93 bits per heavy atom. The Labute approximate surface area is 88.1 Å². The number of hydrogen-bond acceptors (Lipinski definition) is 1. The van der Waals surface area contributed by atoms with Crippen molar-refractivity contribution in [1.82, 2.24) is 9.55 Å². The van der Waals surface area contributed by atoms with Gasteiger partial charge in [-0.05, 0) is 28.1 Å². The van der Waals surface area contributed by atoms with E-state index in [0.29, 0.717) is 10.3 Å². The third-order valence-corrected chi connectivity index (χ3v) is 2.72. The van der Waals surface area contributed by atoms with E-state index in [2.05, 4.69) is 25.8 Å². The van der Waals surface area contributed by atoms with Crippen LogP contribution in [0.2, 0.25) is 0 Å². The molecule has 0 spiro atoms. The lowest BCUT2D eigenvalue weighted by atomic mass is 10.2. The Morgan fingerprint density at radius 1 is 1.57 bits per heavy atom. The van der Waals surface area contributed by atoms with Crippen LogP contribution in [0.5, 0.6) is 0 Å². The molecular formula is C9H5BrFN3. The zero-order valence-corrected chi connectivity index (χ0v) is 8.84. The summed E-state index contributed by atoms with van der Waals surface area (Å²) in [6, 6.07) is 2.77. The number of hydrogen-bond donors (Lipinski definition) is 0. The van der Waals surface area contributed by atoms with E-state index in [1.165, 1.54) is 12.1 Å². The van der Waals surface area contributed by atoms with Gasteiger partial charge in [0, 0.05) is 7.05 Å². The van der Waals surface area contributed by atoms with Gasteiger partial charge in [0.05, 0.1) is 17.6 Å². The second-order valence-corrected chi connectivity index (χ2v) is 3.55. The van der Waals surface area contributed by atoms with E-state index < -0.39 is 5.82 Å². The van der Waals surface area contributed by atoms with E-state index >= 15 is 0 Å². The molecule has 0 amide bonds. The van der Waals surface area contributed by atoms with Gasteiger partial charge in [0.1, 0.15) is 5.82 Å². The molecule has 5 heteroatoms. The lowest BCUT2D eigenvalue weighted by molar-refractivity contribution is 0.635. The molecule has 14 heavy (non-hydrogen) atoms. The summed E-state index contributed by atoms with van der Waals surface area (Å²) < 4.78 is 15.6. The molecule has 0 saturated heterocycles. The van der Waals surface area contributed by atoms with Gasteiger partial charge in [-0.15, -0.1) is 0 Å². The normalized spacial score (nSPS) is 10.4. The molecule has 3 nitrogen and oxygen atoms in total. The van der Waals surface area contributed by atoms with Gasteiger partial charge >= 0.3 is 0 Å². The van der Waals surface area contributed by atoms with Crippen LogP contribution in [-0.2, 0) is 7.05 Å². The van der Waals surface area contributed by atoms with Gasteiger partial charge in [-0.2, -0.15) is 0 Å². The van der Waals surface area contributed by atoms with E-state index in [4.69, 9.17) is 6.57 Å². The molecule has 0 aliphatic heterocycles. The molecule has 1 heterocycles. The van der Waals surface area contributed by atoms with Crippen LogP contribution in [0.15, 0.2) is 16.9 Å². The topological polar surface area (TPSA) is 22.2 Å². The Morgan fingerprint density at radius 2 is 2.29 bits per heavy atom. The maximum Gasteiger partial charge on any atom is 0.224 e. The molecule has 0 fully saturated rings. The Hall–Kier alpha value is -1.41. The van der Waals surface area contributed by atoms with Gasteiger partial charge < -0.3 is 4.57 Å². The first-order valence-electron chi connectivity index (χ1n) is 3.82. The van der Waals surface area contributed by atoms with Crippen LogP contribution in [-0.4, -0.2) is 9.55 Å². The average Bonchev–Trinajstić information content (AvgIpc) is 2.41. The number of rotatable bonds is 0. The second-order valence-electron chi connectivity index (χ2n) is 2.84. The first kappa shape index (κ1) is 9.16. The van der Waals surface area contributed by atoms with Crippen molar-refractivity contribution in [2.24, 2.45) is 7.05 Å². The molecule has 0 N–H and O–H groups in total. The highest BCUT2D eigenvalue weighted by molar-refractivity contribution is 9.10. The van der Waals surface area contributed by atoms with Gasteiger partial charge in [-0.25, -0.2) is 14.2 Å². The van der Waals surface area contributed by atoms with Crippen LogP contribution in [0, 0.1) is 12.4 Å². The highest BCUT2D eigenvalue weighted by Gasteiger charge is 2.10. The van der Waals surface area contributed by atoms with Crippen molar-refractivity contribution in [2.75, 3.05) is 0 Å². The predicted molar refractivity (Wildman–Crippen MR) is 54.6 cm³/mol. The molecule has 2 aromatic rings. The van der Waals surface area contributed by atoms with E-state index in [9.17, 15) is 4.39 Å². The van der Waals surface area contributed by atoms with E-state index in [1.807, 2.05) is 0 Å². The largest absolute Gasteiger partial charge is 0.323 e. The molecule has 0 radical (unpaired) electrons. The van der Waals surface area contributed by atoms with Crippen molar-refractivity contribution in [3.63, 3.8) is 0 Å². The molecule has 0 bridgehead atoms. The summed E-state index contributed by atoms with van der Waals surface area (Å²) in [6.07, 6.45) is 0. The SMILES string of the molecule is [C-]#[N+]c1cc2c(cc1F)nc(Br)n2C. The summed E-state index contributed by atoms with van der Waals surface area (Å²) in [5, 5.41) is 0. The summed E-state index contributed by atoms with van der Waals surface area (Å²) in [4.78, 5) is 7.17. The summed E-state index contributed by atoms with van der Waals surface area (Å²) in [7, 11) is 1.80. The first-order valence-corrected chi connectivity index (χ1v) is 4.61. The van der Waals surface area contributed by atoms with Crippen LogP contribution in [0.4, 0.5) is 10.1 Å². The number of aromatic nitrogens is 2. The molecule has 2 rings (SSSR count). The average molecular weight is 254 g/mol. The lowest BCUT2D eigenvalue weighted by Crippen LogP contribution is -1.86. The molecular weight excluding hydrogens is 249 g/mol. The number of aryl methyl sites for hydroxylation is 1. The number of benzene rings is 1. The number of fused-ring (bicyclic) bond motifs is 1. The van der Waals surface area contributed by atoms with E-state index in [0.717, 1.165) is 5.52 Å². The predicted octanol–water partition coefficient (Wildman–Crippen LogP) is 3.03.